The molecule has 0 bridgehead atoms. The third-order valence-corrected chi connectivity index (χ3v) is 9.00. The van der Waals surface area contributed by atoms with Crippen molar-refractivity contribution in [2.75, 3.05) is 0 Å². The summed E-state index contributed by atoms with van der Waals surface area (Å²) in [6.07, 6.45) is 3.10. The highest BCUT2D eigenvalue weighted by Crippen LogP contribution is 2.22. The predicted molar refractivity (Wildman–Crippen MR) is 127 cm³/mol. The van der Waals surface area contributed by atoms with Gasteiger partial charge in [0.1, 0.15) is 0 Å². The minimum atomic E-state index is -2.58. The van der Waals surface area contributed by atoms with E-state index in [1.54, 1.807) is 0 Å². The second-order valence-electron chi connectivity index (χ2n) is 8.28. The molecule has 0 amide bonds. The molecular weight excluding hydrogens is 368 g/mol. The number of aryl methyl sites for hydroxylation is 3. The average Bonchev–Trinajstić information content (AvgIpc) is 2.73. The molecule has 0 unspecified atom stereocenters. The Kier molecular flexibility index (Phi) is 7.46. The molecule has 0 radical (unpaired) electrons. The van der Waals surface area contributed by atoms with Gasteiger partial charge in [0.25, 0.3) is 0 Å². The van der Waals surface area contributed by atoms with Crippen molar-refractivity contribution in [3.63, 3.8) is 0 Å². The van der Waals surface area contributed by atoms with Crippen LogP contribution in [-0.4, -0.2) is 13.1 Å². The van der Waals surface area contributed by atoms with Crippen molar-refractivity contribution in [1.82, 2.24) is 0 Å². The Labute approximate surface area is 177 Å². The molecule has 0 spiro atoms. The molecule has 152 valence electrons. The van der Waals surface area contributed by atoms with E-state index in [0.717, 1.165) is 37.4 Å². The summed E-state index contributed by atoms with van der Waals surface area (Å²) in [5, 5.41) is 0. The van der Waals surface area contributed by atoms with Gasteiger partial charge in [0.2, 0.25) is 8.32 Å². The molecule has 0 aromatic heterocycles. The van der Waals surface area contributed by atoms with Gasteiger partial charge in [0.05, 0.1) is 0 Å². The van der Waals surface area contributed by atoms with Crippen molar-refractivity contribution in [3.8, 4) is 0 Å². The molecule has 1 nitrogen and oxygen atoms in total. The predicted octanol–water partition coefficient (Wildman–Crippen LogP) is 5.96. The first-order valence-corrected chi connectivity index (χ1v) is 13.6. The zero-order valence-electron chi connectivity index (χ0n) is 18.1. The van der Waals surface area contributed by atoms with Crippen molar-refractivity contribution in [1.29, 1.82) is 0 Å². The Morgan fingerprint density at radius 1 is 0.517 bits per heavy atom. The van der Waals surface area contributed by atoms with Crippen LogP contribution in [0.3, 0.4) is 0 Å². The van der Waals surface area contributed by atoms with E-state index in [0.29, 0.717) is 0 Å². The Morgan fingerprint density at radius 2 is 0.793 bits per heavy atom. The Balaban J connectivity index is 1.91. The van der Waals surface area contributed by atoms with Crippen LogP contribution in [-0.2, 0) is 37.4 Å². The fourth-order valence-corrected chi connectivity index (χ4v) is 7.52. The quantitative estimate of drug-likeness (QED) is 0.438. The Hall–Kier alpha value is -2.16. The monoisotopic (exact) mass is 402 g/mol. The van der Waals surface area contributed by atoms with Gasteiger partial charge in [-0.25, -0.2) is 0 Å². The van der Waals surface area contributed by atoms with Gasteiger partial charge >= 0.3 is 0 Å². The van der Waals surface area contributed by atoms with Crippen LogP contribution >= 0.6 is 0 Å². The van der Waals surface area contributed by atoms with E-state index in [2.05, 4.69) is 93.6 Å². The lowest BCUT2D eigenvalue weighted by atomic mass is 10.1. The number of benzene rings is 3. The molecular formula is C27H34OSi. The zero-order valence-corrected chi connectivity index (χ0v) is 19.1. The van der Waals surface area contributed by atoms with Crippen molar-refractivity contribution >= 4 is 8.32 Å². The standard InChI is InChI=1S/C27H34OSi/c1-4-22-10-7-13-25(16-22)19-29(28,20-26-14-8-11-23(5-2)17-26)21-27-15-9-12-24(6-3)18-27/h7-18,28H,4-6,19-21H2,1-3H3. The molecule has 3 rings (SSSR count). The van der Waals surface area contributed by atoms with Gasteiger partial charge < -0.3 is 4.80 Å². The first-order chi connectivity index (χ1) is 14.0. The number of rotatable bonds is 9. The van der Waals surface area contributed by atoms with Crippen molar-refractivity contribution in [3.05, 3.63) is 106 Å². The van der Waals surface area contributed by atoms with E-state index in [4.69, 9.17) is 0 Å². The molecule has 0 aliphatic carbocycles. The third-order valence-electron chi connectivity index (χ3n) is 5.80. The topological polar surface area (TPSA) is 20.2 Å². The molecule has 0 fully saturated rings. The summed E-state index contributed by atoms with van der Waals surface area (Å²) in [4.78, 5) is 12.0. The number of hydrogen-bond acceptors (Lipinski definition) is 1. The SMILES string of the molecule is CCc1cccc(C[Si](O)(Cc2cccc(CC)c2)Cc2cccc(CC)c2)c1. The van der Waals surface area contributed by atoms with Crippen LogP contribution in [0.2, 0.25) is 0 Å². The van der Waals surface area contributed by atoms with Crippen molar-refractivity contribution in [2.45, 2.75) is 58.2 Å². The molecule has 3 aromatic rings. The van der Waals surface area contributed by atoms with Gasteiger partial charge in [0, 0.05) is 0 Å². The van der Waals surface area contributed by atoms with Crippen molar-refractivity contribution in [2.24, 2.45) is 0 Å². The van der Waals surface area contributed by atoms with Gasteiger partial charge in [-0.15, -0.1) is 0 Å². The fourth-order valence-electron chi connectivity index (χ4n) is 4.21. The molecule has 1 N–H and O–H groups in total. The van der Waals surface area contributed by atoms with Gasteiger partial charge in [0.15, 0.2) is 0 Å². The molecule has 3 aromatic carbocycles. The van der Waals surface area contributed by atoms with E-state index >= 15 is 0 Å². The fraction of sp³-hybridized carbons (Fsp3) is 0.333. The lowest BCUT2D eigenvalue weighted by Crippen LogP contribution is -2.44. The van der Waals surface area contributed by atoms with Gasteiger partial charge in [-0.05, 0) is 70.8 Å². The maximum Gasteiger partial charge on any atom is 0.201 e. The van der Waals surface area contributed by atoms with Crippen LogP contribution in [0.15, 0.2) is 72.8 Å². The molecule has 0 aliphatic rings. The van der Waals surface area contributed by atoms with E-state index < -0.39 is 8.32 Å². The van der Waals surface area contributed by atoms with Crippen LogP contribution in [0.4, 0.5) is 0 Å². The molecule has 0 saturated heterocycles. The molecule has 29 heavy (non-hydrogen) atoms. The van der Waals surface area contributed by atoms with Crippen LogP contribution < -0.4 is 0 Å². The lowest BCUT2D eigenvalue weighted by molar-refractivity contribution is 0.523. The van der Waals surface area contributed by atoms with E-state index in [1.807, 2.05) is 0 Å². The van der Waals surface area contributed by atoms with E-state index in [1.165, 1.54) is 33.4 Å². The minimum absolute atomic E-state index is 0.799. The highest BCUT2D eigenvalue weighted by molar-refractivity contribution is 6.70. The minimum Gasteiger partial charge on any atom is -0.431 e. The van der Waals surface area contributed by atoms with E-state index in [-0.39, 0.29) is 0 Å². The first kappa shape index (κ1) is 21.5. The lowest BCUT2D eigenvalue weighted by Gasteiger charge is -2.27. The summed E-state index contributed by atoms with van der Waals surface area (Å²) in [7, 11) is -2.58. The first-order valence-electron chi connectivity index (χ1n) is 11.0. The molecule has 0 saturated carbocycles. The maximum absolute atomic E-state index is 12.0. The molecule has 0 aliphatic heterocycles. The summed E-state index contributed by atoms with van der Waals surface area (Å²) in [5.41, 5.74) is 7.87. The maximum atomic E-state index is 12.0. The third kappa shape index (κ3) is 6.16. The summed E-state index contributed by atoms with van der Waals surface area (Å²) >= 11 is 0. The van der Waals surface area contributed by atoms with Crippen LogP contribution in [0, 0.1) is 0 Å². The average molecular weight is 403 g/mol. The second-order valence-corrected chi connectivity index (χ2v) is 11.8. The second kappa shape index (κ2) is 10.0. The zero-order chi connectivity index (χ0) is 20.7. The summed E-state index contributed by atoms with van der Waals surface area (Å²) < 4.78 is 0. The smallest absolute Gasteiger partial charge is 0.201 e. The molecule has 2 heteroatoms. The van der Waals surface area contributed by atoms with Crippen molar-refractivity contribution < 1.29 is 4.80 Å². The Morgan fingerprint density at radius 3 is 1.07 bits per heavy atom. The summed E-state index contributed by atoms with van der Waals surface area (Å²) in [5.74, 6) is 0. The highest BCUT2D eigenvalue weighted by atomic mass is 28.4. The van der Waals surface area contributed by atoms with E-state index in [9.17, 15) is 4.80 Å². The highest BCUT2D eigenvalue weighted by Gasteiger charge is 2.32. The Bertz CT molecular complexity index is 811. The summed E-state index contributed by atoms with van der Waals surface area (Å²) in [6, 6.07) is 28.7. The van der Waals surface area contributed by atoms with Gasteiger partial charge in [-0.2, -0.15) is 0 Å². The molecule has 0 atom stereocenters. The normalized spacial score (nSPS) is 11.6. The number of hydrogen-bond donors (Lipinski definition) is 1. The van der Waals surface area contributed by atoms with Gasteiger partial charge in [-0.3, -0.25) is 0 Å². The van der Waals surface area contributed by atoms with Gasteiger partial charge in [-0.1, -0.05) is 93.6 Å². The van der Waals surface area contributed by atoms with Crippen LogP contribution in [0.1, 0.15) is 54.2 Å². The largest absolute Gasteiger partial charge is 0.431 e. The summed E-state index contributed by atoms with van der Waals surface area (Å²) in [6.45, 7) is 6.57. The van der Waals surface area contributed by atoms with Crippen LogP contribution in [0.25, 0.3) is 0 Å². The molecule has 0 heterocycles. The van der Waals surface area contributed by atoms with Crippen LogP contribution in [0.5, 0.6) is 0 Å².